The van der Waals surface area contributed by atoms with E-state index in [-0.39, 0.29) is 30.5 Å². The lowest BCUT2D eigenvalue weighted by molar-refractivity contribution is -0.122. The monoisotopic (exact) mass is 325 g/mol. The number of phenolic OH excluding ortho intramolecular Hbond substituents is 1. The molecular weight excluding hydrogens is 302 g/mol. The van der Waals surface area contributed by atoms with Crippen LogP contribution in [0.25, 0.3) is 0 Å². The molecule has 1 aliphatic carbocycles. The molecule has 0 heterocycles. The number of carbonyl (C=O) groups is 1. The summed E-state index contributed by atoms with van der Waals surface area (Å²) in [6.07, 6.45) is 5.72. The predicted molar refractivity (Wildman–Crippen MR) is 87.0 cm³/mol. The van der Waals surface area contributed by atoms with E-state index < -0.39 is 5.60 Å². The van der Waals surface area contributed by atoms with Gasteiger partial charge >= 0.3 is 0 Å². The van der Waals surface area contributed by atoms with Crippen molar-refractivity contribution in [3.8, 4) is 5.75 Å². The molecule has 0 aromatic heterocycles. The molecule has 1 fully saturated rings. The Bertz CT molecular complexity index is 525. The van der Waals surface area contributed by atoms with E-state index in [4.69, 9.17) is 11.6 Å². The van der Waals surface area contributed by atoms with Crippen LogP contribution in [0, 0.1) is 5.92 Å². The molecule has 1 aromatic rings. The molecule has 1 unspecified atom stereocenters. The molecule has 0 radical (unpaired) electrons. The van der Waals surface area contributed by atoms with Gasteiger partial charge in [-0.2, -0.15) is 0 Å². The van der Waals surface area contributed by atoms with Crippen LogP contribution in [0.3, 0.4) is 0 Å². The number of hydrogen-bond donors (Lipinski definition) is 3. The van der Waals surface area contributed by atoms with Crippen molar-refractivity contribution in [3.63, 3.8) is 0 Å². The van der Waals surface area contributed by atoms with Gasteiger partial charge in [-0.3, -0.25) is 4.79 Å². The molecule has 1 aromatic carbocycles. The topological polar surface area (TPSA) is 69.6 Å². The summed E-state index contributed by atoms with van der Waals surface area (Å²) >= 11 is 6.00. The Morgan fingerprint density at radius 3 is 2.68 bits per heavy atom. The molecule has 1 atom stereocenters. The van der Waals surface area contributed by atoms with E-state index in [0.717, 1.165) is 25.7 Å². The zero-order valence-electron chi connectivity index (χ0n) is 12.9. The van der Waals surface area contributed by atoms with Gasteiger partial charge in [-0.25, -0.2) is 0 Å². The van der Waals surface area contributed by atoms with Crippen LogP contribution in [-0.2, 0) is 11.2 Å². The molecule has 2 rings (SSSR count). The third-order valence-corrected chi connectivity index (χ3v) is 4.87. The molecule has 0 saturated heterocycles. The van der Waals surface area contributed by atoms with Gasteiger partial charge in [0.2, 0.25) is 5.91 Å². The summed E-state index contributed by atoms with van der Waals surface area (Å²) < 4.78 is 0. The maximum Gasteiger partial charge on any atom is 0.224 e. The van der Waals surface area contributed by atoms with Crippen molar-refractivity contribution in [1.82, 2.24) is 5.32 Å². The second-order valence-electron chi connectivity index (χ2n) is 6.42. The zero-order valence-corrected chi connectivity index (χ0v) is 13.7. The third-order valence-electron chi connectivity index (χ3n) is 4.52. The largest absolute Gasteiger partial charge is 0.508 e. The Morgan fingerprint density at radius 2 is 2.05 bits per heavy atom. The van der Waals surface area contributed by atoms with Gasteiger partial charge in [0, 0.05) is 11.6 Å². The van der Waals surface area contributed by atoms with Crippen molar-refractivity contribution < 1.29 is 15.0 Å². The molecule has 5 heteroatoms. The van der Waals surface area contributed by atoms with E-state index in [1.165, 1.54) is 18.6 Å². The lowest BCUT2D eigenvalue weighted by Gasteiger charge is -2.35. The Hall–Kier alpha value is -1.26. The number of benzene rings is 1. The average Bonchev–Trinajstić information content (AvgIpc) is 2.49. The van der Waals surface area contributed by atoms with E-state index >= 15 is 0 Å². The fraction of sp³-hybridized carbons (Fsp3) is 0.588. The van der Waals surface area contributed by atoms with Gasteiger partial charge in [0.1, 0.15) is 5.75 Å². The van der Waals surface area contributed by atoms with E-state index in [1.807, 2.05) is 0 Å². The summed E-state index contributed by atoms with van der Waals surface area (Å²) in [5.41, 5.74) is -0.205. The van der Waals surface area contributed by atoms with E-state index in [2.05, 4.69) is 5.32 Å². The predicted octanol–water partition coefficient (Wildman–Crippen LogP) is 3.04. The number of aromatic hydroxyl groups is 1. The molecule has 22 heavy (non-hydrogen) atoms. The molecule has 1 amide bonds. The van der Waals surface area contributed by atoms with E-state index in [0.29, 0.717) is 10.6 Å². The summed E-state index contributed by atoms with van der Waals surface area (Å²) in [6, 6.07) is 4.56. The lowest BCUT2D eigenvalue weighted by atomic mass is 9.78. The normalized spacial score (nSPS) is 18.7. The molecule has 0 bridgehead atoms. The van der Waals surface area contributed by atoms with Gasteiger partial charge in [0.05, 0.1) is 12.0 Å². The maximum atomic E-state index is 12.0. The van der Waals surface area contributed by atoms with Gasteiger partial charge in [-0.15, -0.1) is 0 Å². The fourth-order valence-corrected chi connectivity index (χ4v) is 3.30. The van der Waals surface area contributed by atoms with Gasteiger partial charge in [-0.1, -0.05) is 36.9 Å². The molecule has 0 spiro atoms. The highest BCUT2D eigenvalue weighted by molar-refractivity contribution is 6.31. The first-order valence-corrected chi connectivity index (χ1v) is 8.23. The first kappa shape index (κ1) is 17.1. The van der Waals surface area contributed by atoms with Crippen LogP contribution in [0.4, 0.5) is 0 Å². The lowest BCUT2D eigenvalue weighted by Crippen LogP contribution is -2.47. The van der Waals surface area contributed by atoms with E-state index in [1.54, 1.807) is 13.0 Å². The number of aliphatic hydroxyl groups is 1. The fourth-order valence-electron chi connectivity index (χ4n) is 3.06. The number of phenols is 1. The van der Waals surface area contributed by atoms with Crippen molar-refractivity contribution >= 4 is 17.5 Å². The molecular formula is C17H24ClNO3. The minimum absolute atomic E-state index is 0.0781. The maximum absolute atomic E-state index is 12.0. The summed E-state index contributed by atoms with van der Waals surface area (Å²) in [5, 5.41) is 23.0. The number of amides is 1. The molecule has 4 nitrogen and oxygen atoms in total. The Kier molecular flexibility index (Phi) is 5.70. The van der Waals surface area contributed by atoms with Crippen molar-refractivity contribution in [2.45, 2.75) is 51.0 Å². The number of hydrogen-bond acceptors (Lipinski definition) is 3. The number of carbonyl (C=O) groups excluding carboxylic acids is 1. The Morgan fingerprint density at radius 1 is 1.36 bits per heavy atom. The molecule has 1 aliphatic rings. The Balaban J connectivity index is 1.86. The first-order valence-electron chi connectivity index (χ1n) is 7.85. The second kappa shape index (κ2) is 7.34. The van der Waals surface area contributed by atoms with Gasteiger partial charge < -0.3 is 15.5 Å². The SMILES string of the molecule is CC(O)(CNC(=O)Cc1ccc(O)cc1Cl)C1CCCCC1. The number of halogens is 1. The van der Waals surface area contributed by atoms with E-state index in [9.17, 15) is 15.0 Å². The smallest absolute Gasteiger partial charge is 0.224 e. The number of nitrogens with one attached hydrogen (secondary N) is 1. The molecule has 3 N–H and O–H groups in total. The molecule has 0 aliphatic heterocycles. The van der Waals surface area contributed by atoms with Crippen molar-refractivity contribution in [2.24, 2.45) is 5.92 Å². The van der Waals surface area contributed by atoms with Crippen LogP contribution >= 0.6 is 11.6 Å². The molecule has 1 saturated carbocycles. The summed E-state index contributed by atoms with van der Waals surface area (Å²) in [7, 11) is 0. The van der Waals surface area contributed by atoms with Crippen molar-refractivity contribution in [2.75, 3.05) is 6.54 Å². The molecule has 122 valence electrons. The van der Waals surface area contributed by atoms with Gasteiger partial charge in [-0.05, 0) is 43.4 Å². The Labute approximate surface area is 136 Å². The van der Waals surface area contributed by atoms with Crippen LogP contribution in [-0.4, -0.2) is 28.3 Å². The van der Waals surface area contributed by atoms with Crippen molar-refractivity contribution in [1.29, 1.82) is 0 Å². The highest BCUT2D eigenvalue weighted by Gasteiger charge is 2.32. The minimum Gasteiger partial charge on any atom is -0.508 e. The van der Waals surface area contributed by atoms with Gasteiger partial charge in [0.25, 0.3) is 0 Å². The van der Waals surface area contributed by atoms with Crippen LogP contribution in [0.5, 0.6) is 5.75 Å². The highest BCUT2D eigenvalue weighted by atomic mass is 35.5. The van der Waals surface area contributed by atoms with Crippen LogP contribution in [0.15, 0.2) is 18.2 Å². The van der Waals surface area contributed by atoms with Gasteiger partial charge in [0.15, 0.2) is 0 Å². The zero-order chi connectivity index (χ0) is 16.2. The quantitative estimate of drug-likeness (QED) is 0.779. The summed E-state index contributed by atoms with van der Waals surface area (Å²) in [5.74, 6) is 0.150. The average molecular weight is 326 g/mol. The third kappa shape index (κ3) is 4.62. The highest BCUT2D eigenvalue weighted by Crippen LogP contribution is 2.32. The van der Waals surface area contributed by atoms with Crippen molar-refractivity contribution in [3.05, 3.63) is 28.8 Å². The summed E-state index contributed by atoms with van der Waals surface area (Å²) in [6.45, 7) is 2.06. The van der Waals surface area contributed by atoms with Crippen LogP contribution < -0.4 is 5.32 Å². The first-order chi connectivity index (χ1) is 10.4. The number of rotatable bonds is 5. The van der Waals surface area contributed by atoms with Crippen LogP contribution in [0.1, 0.15) is 44.6 Å². The summed E-state index contributed by atoms with van der Waals surface area (Å²) in [4.78, 5) is 12.0. The second-order valence-corrected chi connectivity index (χ2v) is 6.83. The standard InChI is InChI=1S/C17H24ClNO3/c1-17(22,13-5-3-2-4-6-13)11-19-16(21)9-12-7-8-14(20)10-15(12)18/h7-8,10,13,20,22H,2-6,9,11H2,1H3,(H,19,21). The van der Waals surface area contributed by atoms with Crippen LogP contribution in [0.2, 0.25) is 5.02 Å². The minimum atomic E-state index is -0.866.